The van der Waals surface area contributed by atoms with E-state index in [0.29, 0.717) is 6.61 Å². The number of hydrogen-bond acceptors (Lipinski definition) is 4. The van der Waals surface area contributed by atoms with Crippen molar-refractivity contribution < 1.29 is 9.53 Å². The van der Waals surface area contributed by atoms with E-state index in [4.69, 9.17) is 4.74 Å². The second-order valence-corrected chi connectivity index (χ2v) is 6.61. The van der Waals surface area contributed by atoms with Gasteiger partial charge >= 0.3 is 5.97 Å². The first-order chi connectivity index (χ1) is 9.93. The molecule has 0 N–H and O–H groups in total. The molecule has 1 saturated heterocycles. The lowest BCUT2D eigenvalue weighted by molar-refractivity contribution is -0.145. The second-order valence-electron chi connectivity index (χ2n) is 6.61. The molecule has 4 heteroatoms. The average molecular weight is 290 g/mol. The predicted molar refractivity (Wildman–Crippen MR) is 84.6 cm³/mol. The highest BCUT2D eigenvalue weighted by molar-refractivity contribution is 5.80. The number of aromatic nitrogens is 1. The average Bonchev–Trinajstić information content (AvgIpc) is 2.47. The van der Waals surface area contributed by atoms with Gasteiger partial charge in [0.2, 0.25) is 0 Å². The molecule has 1 aromatic rings. The summed E-state index contributed by atoms with van der Waals surface area (Å²) in [6.07, 6.45) is 4.94. The van der Waals surface area contributed by atoms with E-state index in [-0.39, 0.29) is 17.4 Å². The Hall–Kier alpha value is -1.58. The maximum Gasteiger partial charge on any atom is 0.328 e. The standard InChI is InChI=1S/C17H26N2O2/c1-5-21-16(20)14-8-6-7-11-19(14)15-10-9-13(12-18-15)17(2,3)4/h9-10,12,14H,5-8,11H2,1-4H3. The van der Waals surface area contributed by atoms with Gasteiger partial charge in [-0.15, -0.1) is 0 Å². The van der Waals surface area contributed by atoms with Gasteiger partial charge in [-0.3, -0.25) is 0 Å². The van der Waals surface area contributed by atoms with Gasteiger partial charge in [0.15, 0.2) is 0 Å². The van der Waals surface area contributed by atoms with Crippen molar-refractivity contribution in [3.63, 3.8) is 0 Å². The van der Waals surface area contributed by atoms with Crippen LogP contribution >= 0.6 is 0 Å². The smallest absolute Gasteiger partial charge is 0.328 e. The van der Waals surface area contributed by atoms with Crippen molar-refractivity contribution >= 4 is 11.8 Å². The van der Waals surface area contributed by atoms with Gasteiger partial charge in [-0.2, -0.15) is 0 Å². The van der Waals surface area contributed by atoms with Crippen LogP contribution in [0.4, 0.5) is 5.82 Å². The lowest BCUT2D eigenvalue weighted by Gasteiger charge is -2.35. The van der Waals surface area contributed by atoms with Gasteiger partial charge in [0.1, 0.15) is 11.9 Å². The van der Waals surface area contributed by atoms with Crippen LogP contribution in [0, 0.1) is 0 Å². The Bertz CT molecular complexity index is 477. The Kier molecular flexibility index (Phi) is 4.86. The van der Waals surface area contributed by atoms with E-state index in [9.17, 15) is 4.79 Å². The Morgan fingerprint density at radius 1 is 1.38 bits per heavy atom. The van der Waals surface area contributed by atoms with Gasteiger partial charge in [0.25, 0.3) is 0 Å². The molecular formula is C17H26N2O2. The number of piperidine rings is 1. The molecule has 1 unspecified atom stereocenters. The van der Waals surface area contributed by atoms with Crippen LogP contribution in [-0.4, -0.2) is 30.1 Å². The molecular weight excluding hydrogens is 264 g/mol. The number of ether oxygens (including phenoxy) is 1. The van der Waals surface area contributed by atoms with Gasteiger partial charge in [0.05, 0.1) is 6.61 Å². The molecule has 0 amide bonds. The van der Waals surface area contributed by atoms with Crippen molar-refractivity contribution in [3.8, 4) is 0 Å². The Labute approximate surface area is 127 Å². The summed E-state index contributed by atoms with van der Waals surface area (Å²) < 4.78 is 5.20. The third kappa shape index (κ3) is 3.74. The van der Waals surface area contributed by atoms with Crippen molar-refractivity contribution in [2.75, 3.05) is 18.1 Å². The van der Waals surface area contributed by atoms with Crippen LogP contribution in [0.1, 0.15) is 52.5 Å². The van der Waals surface area contributed by atoms with Crippen molar-refractivity contribution in [1.29, 1.82) is 0 Å². The molecule has 0 saturated carbocycles. The molecule has 1 fully saturated rings. The molecule has 0 aliphatic carbocycles. The van der Waals surface area contributed by atoms with Gasteiger partial charge in [0, 0.05) is 12.7 Å². The van der Waals surface area contributed by atoms with Gasteiger partial charge < -0.3 is 9.64 Å². The van der Waals surface area contributed by atoms with Gasteiger partial charge in [-0.1, -0.05) is 26.8 Å². The predicted octanol–water partition coefficient (Wildman–Crippen LogP) is 3.30. The number of carbonyl (C=O) groups is 1. The highest BCUT2D eigenvalue weighted by atomic mass is 16.5. The van der Waals surface area contributed by atoms with Crippen LogP contribution in [-0.2, 0) is 14.9 Å². The zero-order valence-corrected chi connectivity index (χ0v) is 13.6. The van der Waals surface area contributed by atoms with E-state index >= 15 is 0 Å². The molecule has 0 aromatic carbocycles. The molecule has 0 bridgehead atoms. The third-order valence-electron chi connectivity index (χ3n) is 3.97. The van der Waals surface area contributed by atoms with Crippen molar-refractivity contribution in [1.82, 2.24) is 4.98 Å². The van der Waals surface area contributed by atoms with E-state index in [1.807, 2.05) is 19.2 Å². The molecule has 21 heavy (non-hydrogen) atoms. The fraction of sp³-hybridized carbons (Fsp3) is 0.647. The lowest BCUT2D eigenvalue weighted by Crippen LogP contribution is -2.46. The maximum atomic E-state index is 12.1. The zero-order chi connectivity index (χ0) is 15.5. The summed E-state index contributed by atoms with van der Waals surface area (Å²) in [5.74, 6) is 0.750. The van der Waals surface area contributed by atoms with E-state index in [2.05, 4.69) is 36.7 Å². The molecule has 0 radical (unpaired) electrons. The summed E-state index contributed by atoms with van der Waals surface area (Å²) in [6, 6.07) is 3.95. The Balaban J connectivity index is 2.19. The van der Waals surface area contributed by atoms with Crippen LogP contribution in [0.15, 0.2) is 18.3 Å². The zero-order valence-electron chi connectivity index (χ0n) is 13.6. The first kappa shape index (κ1) is 15.8. The lowest BCUT2D eigenvalue weighted by atomic mass is 9.88. The summed E-state index contributed by atoms with van der Waals surface area (Å²) in [6.45, 7) is 9.66. The van der Waals surface area contributed by atoms with E-state index in [0.717, 1.165) is 31.6 Å². The first-order valence-corrected chi connectivity index (χ1v) is 7.83. The molecule has 116 valence electrons. The number of hydrogen-bond donors (Lipinski definition) is 0. The van der Waals surface area contributed by atoms with Crippen LogP contribution < -0.4 is 4.90 Å². The minimum Gasteiger partial charge on any atom is -0.464 e. The summed E-state index contributed by atoms with van der Waals surface area (Å²) >= 11 is 0. The molecule has 1 aliphatic rings. The summed E-state index contributed by atoms with van der Waals surface area (Å²) in [4.78, 5) is 18.8. The highest BCUT2D eigenvalue weighted by Gasteiger charge is 2.30. The molecule has 1 aromatic heterocycles. The molecule has 0 spiro atoms. The maximum absolute atomic E-state index is 12.1. The van der Waals surface area contributed by atoms with Crippen LogP contribution in [0.5, 0.6) is 0 Å². The fourth-order valence-corrected chi connectivity index (χ4v) is 2.69. The van der Waals surface area contributed by atoms with E-state index in [1.165, 1.54) is 5.56 Å². The fourth-order valence-electron chi connectivity index (χ4n) is 2.69. The first-order valence-electron chi connectivity index (χ1n) is 7.83. The number of carbonyl (C=O) groups excluding carboxylic acids is 1. The Morgan fingerprint density at radius 3 is 2.71 bits per heavy atom. The van der Waals surface area contributed by atoms with Crippen molar-refractivity contribution in [3.05, 3.63) is 23.9 Å². The van der Waals surface area contributed by atoms with Crippen LogP contribution in [0.25, 0.3) is 0 Å². The summed E-state index contributed by atoms with van der Waals surface area (Å²) in [7, 11) is 0. The topological polar surface area (TPSA) is 42.4 Å². The van der Waals surface area contributed by atoms with Crippen molar-refractivity contribution in [2.24, 2.45) is 0 Å². The quantitative estimate of drug-likeness (QED) is 0.801. The van der Waals surface area contributed by atoms with Crippen molar-refractivity contribution in [2.45, 2.75) is 58.4 Å². The monoisotopic (exact) mass is 290 g/mol. The summed E-state index contributed by atoms with van der Waals surface area (Å²) in [5, 5.41) is 0. The molecule has 1 atom stereocenters. The molecule has 1 aliphatic heterocycles. The molecule has 2 rings (SSSR count). The number of pyridine rings is 1. The SMILES string of the molecule is CCOC(=O)C1CCCCN1c1ccc(C(C)(C)C)cn1. The van der Waals surface area contributed by atoms with Crippen LogP contribution in [0.3, 0.4) is 0 Å². The van der Waals surface area contributed by atoms with Gasteiger partial charge in [-0.25, -0.2) is 9.78 Å². The minimum atomic E-state index is -0.188. The second kappa shape index (κ2) is 6.46. The number of esters is 1. The Morgan fingerprint density at radius 2 is 2.14 bits per heavy atom. The minimum absolute atomic E-state index is 0.0912. The van der Waals surface area contributed by atoms with Gasteiger partial charge in [-0.05, 0) is 43.2 Å². The number of nitrogens with zero attached hydrogens (tertiary/aromatic N) is 2. The largest absolute Gasteiger partial charge is 0.464 e. The number of rotatable bonds is 3. The number of anilines is 1. The van der Waals surface area contributed by atoms with Crippen LogP contribution in [0.2, 0.25) is 0 Å². The normalized spacial score (nSPS) is 19.4. The van der Waals surface area contributed by atoms with E-state index in [1.54, 1.807) is 0 Å². The molecule has 4 nitrogen and oxygen atoms in total. The third-order valence-corrected chi connectivity index (χ3v) is 3.97. The molecule has 2 heterocycles. The highest BCUT2D eigenvalue weighted by Crippen LogP contribution is 2.27. The van der Waals surface area contributed by atoms with E-state index < -0.39 is 0 Å². The summed E-state index contributed by atoms with van der Waals surface area (Å²) in [5.41, 5.74) is 1.30.